The van der Waals surface area contributed by atoms with Crippen LogP contribution >= 0.6 is 0 Å². The maximum Gasteiger partial charge on any atom is 0.261 e. The van der Waals surface area contributed by atoms with Crippen LogP contribution in [-0.4, -0.2) is 43.1 Å². The molecule has 0 radical (unpaired) electrons. The molecule has 9 heteroatoms. The van der Waals surface area contributed by atoms with E-state index in [1.54, 1.807) is 18.6 Å². The highest BCUT2D eigenvalue weighted by atomic mass is 16.5. The van der Waals surface area contributed by atoms with Gasteiger partial charge in [0.25, 0.3) is 5.89 Å². The molecule has 0 bridgehead atoms. The number of nitrogens with zero attached hydrogens (tertiary/aromatic N) is 6. The van der Waals surface area contributed by atoms with E-state index in [1.165, 1.54) is 0 Å². The zero-order valence-electron chi connectivity index (χ0n) is 17.7. The third-order valence-corrected chi connectivity index (χ3v) is 6.58. The minimum Gasteiger partial charge on any atom is -0.382 e. The lowest BCUT2D eigenvalue weighted by Crippen LogP contribution is -2.30. The first-order chi connectivity index (χ1) is 15.6. The van der Waals surface area contributed by atoms with E-state index in [-0.39, 0.29) is 11.5 Å². The van der Waals surface area contributed by atoms with Gasteiger partial charge in [0.2, 0.25) is 0 Å². The Morgan fingerprint density at radius 3 is 2.50 bits per heavy atom. The number of rotatable bonds is 6. The largest absolute Gasteiger partial charge is 0.382 e. The van der Waals surface area contributed by atoms with E-state index in [0.29, 0.717) is 36.7 Å². The van der Waals surface area contributed by atoms with Crippen molar-refractivity contribution in [3.63, 3.8) is 0 Å². The number of hydrogen-bond acceptors (Lipinski definition) is 8. The normalized spacial score (nSPS) is 18.3. The zero-order chi connectivity index (χ0) is 21.7. The second kappa shape index (κ2) is 7.23. The lowest BCUT2D eigenvalue weighted by molar-refractivity contribution is -0.0286. The Hall–Kier alpha value is -3.59. The van der Waals surface area contributed by atoms with Gasteiger partial charge in [-0.25, -0.2) is 4.98 Å². The molecule has 6 rings (SSSR count). The average molecular weight is 429 g/mol. The number of aromatic nitrogens is 6. The predicted octanol–water partition coefficient (Wildman–Crippen LogP) is 3.26. The number of nitrogen functional groups attached to an aromatic ring is 1. The minimum absolute atomic E-state index is 0.284. The first-order valence-electron chi connectivity index (χ1n) is 10.8. The van der Waals surface area contributed by atoms with E-state index in [4.69, 9.17) is 20.0 Å². The van der Waals surface area contributed by atoms with Gasteiger partial charge in [-0.3, -0.25) is 9.67 Å². The molecule has 2 aliphatic rings. The van der Waals surface area contributed by atoms with E-state index >= 15 is 0 Å². The summed E-state index contributed by atoms with van der Waals surface area (Å²) in [6, 6.07) is 8.64. The maximum atomic E-state index is 5.67. The predicted molar refractivity (Wildman–Crippen MR) is 116 cm³/mol. The smallest absolute Gasteiger partial charge is 0.261 e. The number of ether oxygens (including phenoxy) is 1. The second-order valence-corrected chi connectivity index (χ2v) is 8.70. The van der Waals surface area contributed by atoms with Crippen LogP contribution in [0.15, 0.2) is 53.6 Å². The van der Waals surface area contributed by atoms with Gasteiger partial charge < -0.3 is 15.0 Å². The van der Waals surface area contributed by atoms with Crippen molar-refractivity contribution < 1.29 is 9.26 Å². The van der Waals surface area contributed by atoms with E-state index in [1.807, 2.05) is 10.9 Å². The molecule has 0 unspecified atom stereocenters. The molecule has 162 valence electrons. The first-order valence-corrected chi connectivity index (χ1v) is 10.8. The van der Waals surface area contributed by atoms with Crippen LogP contribution < -0.4 is 5.73 Å². The third-order valence-electron chi connectivity index (χ3n) is 6.58. The summed E-state index contributed by atoms with van der Waals surface area (Å²) in [6.45, 7) is 3.58. The summed E-state index contributed by atoms with van der Waals surface area (Å²) in [5.41, 5.74) is 9.08. The summed E-state index contributed by atoms with van der Waals surface area (Å²) in [6.07, 6.45) is 9.26. The van der Waals surface area contributed by atoms with Gasteiger partial charge in [-0.15, -0.1) is 0 Å². The van der Waals surface area contributed by atoms with Gasteiger partial charge in [0.1, 0.15) is 5.82 Å². The van der Waals surface area contributed by atoms with Crippen LogP contribution in [0, 0.1) is 5.92 Å². The summed E-state index contributed by atoms with van der Waals surface area (Å²) < 4.78 is 12.8. The topological polar surface area (TPSA) is 118 Å². The molecule has 1 aliphatic heterocycles. The van der Waals surface area contributed by atoms with Gasteiger partial charge >= 0.3 is 0 Å². The maximum absolute atomic E-state index is 5.67. The van der Waals surface area contributed by atoms with Crippen LogP contribution in [0.2, 0.25) is 0 Å². The van der Waals surface area contributed by atoms with Crippen molar-refractivity contribution in [3.05, 3.63) is 60.4 Å². The molecule has 1 saturated carbocycles. The summed E-state index contributed by atoms with van der Waals surface area (Å²) in [7, 11) is 0. The summed E-state index contributed by atoms with van der Waals surface area (Å²) in [4.78, 5) is 13.3. The minimum atomic E-state index is -0.328. The Kier molecular flexibility index (Phi) is 4.32. The lowest BCUT2D eigenvalue weighted by Gasteiger charge is -2.27. The molecule has 4 heterocycles. The molecule has 1 saturated heterocycles. The van der Waals surface area contributed by atoms with Crippen LogP contribution in [0.1, 0.15) is 37.2 Å². The van der Waals surface area contributed by atoms with Crippen molar-refractivity contribution in [2.45, 2.75) is 31.2 Å². The molecule has 1 aliphatic carbocycles. The zero-order valence-corrected chi connectivity index (χ0v) is 17.7. The number of hydrogen-bond donors (Lipinski definition) is 1. The van der Waals surface area contributed by atoms with Crippen molar-refractivity contribution in [1.82, 2.24) is 29.9 Å². The summed E-state index contributed by atoms with van der Waals surface area (Å²) >= 11 is 0. The molecular formula is C23H23N7O2. The van der Waals surface area contributed by atoms with Crippen molar-refractivity contribution in [1.29, 1.82) is 0 Å². The fourth-order valence-corrected chi connectivity index (χ4v) is 4.26. The molecule has 1 atom stereocenters. The summed E-state index contributed by atoms with van der Waals surface area (Å²) in [5, 5.41) is 8.82. The van der Waals surface area contributed by atoms with Crippen LogP contribution in [0.5, 0.6) is 0 Å². The highest BCUT2D eigenvalue weighted by molar-refractivity contribution is 5.60. The number of nitrogens with two attached hydrogens (primary N) is 1. The van der Waals surface area contributed by atoms with Crippen molar-refractivity contribution in [2.75, 3.05) is 18.9 Å². The fraction of sp³-hybridized carbons (Fsp3) is 0.348. The fourth-order valence-electron chi connectivity index (χ4n) is 4.26. The molecule has 32 heavy (non-hydrogen) atoms. The van der Waals surface area contributed by atoms with Crippen LogP contribution in [0.25, 0.3) is 22.7 Å². The molecule has 4 aromatic rings. The Labute approximate surface area is 184 Å². The molecule has 2 fully saturated rings. The van der Waals surface area contributed by atoms with E-state index < -0.39 is 0 Å². The average Bonchev–Trinajstić information content (AvgIpc) is 3.33. The second-order valence-electron chi connectivity index (χ2n) is 8.70. The van der Waals surface area contributed by atoms with Crippen LogP contribution in [0.4, 0.5) is 5.82 Å². The third kappa shape index (κ3) is 3.16. The highest BCUT2D eigenvalue weighted by Gasteiger charge is 2.47. The van der Waals surface area contributed by atoms with Crippen molar-refractivity contribution >= 4 is 5.82 Å². The lowest BCUT2D eigenvalue weighted by atomic mass is 9.77. The van der Waals surface area contributed by atoms with Gasteiger partial charge in [0.05, 0.1) is 54.5 Å². The molecule has 9 nitrogen and oxygen atoms in total. The van der Waals surface area contributed by atoms with Crippen LogP contribution in [-0.2, 0) is 10.2 Å². The van der Waals surface area contributed by atoms with Gasteiger partial charge in [-0.1, -0.05) is 29.4 Å². The van der Waals surface area contributed by atoms with Crippen molar-refractivity contribution in [3.8, 4) is 22.7 Å². The number of anilines is 1. The Morgan fingerprint density at radius 2 is 1.84 bits per heavy atom. The highest BCUT2D eigenvalue weighted by Crippen LogP contribution is 2.50. The van der Waals surface area contributed by atoms with Crippen molar-refractivity contribution in [2.24, 2.45) is 5.92 Å². The van der Waals surface area contributed by atoms with Crippen LogP contribution in [0.3, 0.4) is 0 Å². The Morgan fingerprint density at radius 1 is 1.03 bits per heavy atom. The van der Waals surface area contributed by atoms with E-state index in [0.717, 1.165) is 35.2 Å². The SMILES string of the molecule is C[C@@](c1ccc(-c2cnc(N)cn2)cc1)(c1noc(-c2cnn(C3COC3)c2)n1)C1CC1. The molecule has 2 N–H and O–H groups in total. The summed E-state index contributed by atoms with van der Waals surface area (Å²) in [5.74, 6) is 2.08. The first kappa shape index (κ1) is 19.1. The molecule has 3 aromatic heterocycles. The Bertz CT molecular complexity index is 1240. The molecule has 1 aromatic carbocycles. The van der Waals surface area contributed by atoms with Gasteiger partial charge in [0, 0.05) is 11.8 Å². The number of benzene rings is 1. The standard InChI is InChI=1S/C23H23N7O2/c1-23(17-6-7-17,16-4-2-14(3-5-16)19-9-26-20(24)10-25-19)22-28-21(32-29-22)15-8-27-30(11-15)18-12-31-13-18/h2-5,8-11,17-18H,6-7,12-13H2,1H3,(H2,24,26)/t23-/m0/s1. The van der Waals surface area contributed by atoms with E-state index in [9.17, 15) is 0 Å². The van der Waals surface area contributed by atoms with Gasteiger partial charge in [-0.2, -0.15) is 10.1 Å². The molecule has 0 spiro atoms. The van der Waals surface area contributed by atoms with Gasteiger partial charge in [-0.05, 0) is 31.2 Å². The van der Waals surface area contributed by atoms with Gasteiger partial charge in [0.15, 0.2) is 5.82 Å². The molecular weight excluding hydrogens is 406 g/mol. The van der Waals surface area contributed by atoms with E-state index in [2.05, 4.69) is 51.4 Å². The quantitative estimate of drug-likeness (QED) is 0.496. The monoisotopic (exact) mass is 429 g/mol. The molecule has 0 amide bonds. The Balaban J connectivity index is 1.31.